The van der Waals surface area contributed by atoms with E-state index in [9.17, 15) is 13.0 Å². The third-order valence-electron chi connectivity index (χ3n) is 4.24. The van der Waals surface area contributed by atoms with Crippen LogP contribution in [0.4, 0.5) is 0 Å². The largest absolute Gasteiger partial charge is 0.744 e. The van der Waals surface area contributed by atoms with Crippen LogP contribution in [0.15, 0.2) is 53.4 Å². The predicted molar refractivity (Wildman–Crippen MR) is 99.3 cm³/mol. The van der Waals surface area contributed by atoms with Gasteiger partial charge >= 0.3 is 0 Å². The lowest BCUT2D eigenvalue weighted by Crippen LogP contribution is -2.04. The fourth-order valence-electron chi connectivity index (χ4n) is 2.42. The molecule has 1 unspecified atom stereocenters. The first-order chi connectivity index (χ1) is 12.4. The van der Waals surface area contributed by atoms with Gasteiger partial charge in [-0.2, -0.15) is 0 Å². The minimum atomic E-state index is -4.41. The van der Waals surface area contributed by atoms with Gasteiger partial charge in [0, 0.05) is 6.42 Å². The summed E-state index contributed by atoms with van der Waals surface area (Å²) in [6.45, 7) is 6.00. The highest BCUT2D eigenvalue weighted by Gasteiger charge is 2.03. The number of ether oxygens (including phenoxy) is 2. The number of benzene rings is 2. The Morgan fingerprint density at radius 1 is 1.00 bits per heavy atom. The maximum atomic E-state index is 10.8. The highest BCUT2D eigenvalue weighted by atomic mass is 32.2. The van der Waals surface area contributed by atoms with Gasteiger partial charge in [-0.15, -0.1) is 0 Å². The molecule has 0 radical (unpaired) electrons. The molecule has 26 heavy (non-hydrogen) atoms. The highest BCUT2D eigenvalue weighted by Crippen LogP contribution is 2.19. The summed E-state index contributed by atoms with van der Waals surface area (Å²) in [5.74, 6) is 1.10. The smallest absolute Gasteiger partial charge is 0.124 e. The Labute approximate surface area is 155 Å². The Bertz CT molecular complexity index is 767. The van der Waals surface area contributed by atoms with E-state index in [-0.39, 0.29) is 4.90 Å². The van der Waals surface area contributed by atoms with Crippen molar-refractivity contribution in [2.45, 2.75) is 44.1 Å². The molecule has 0 amide bonds. The van der Waals surface area contributed by atoms with E-state index in [0.717, 1.165) is 12.0 Å². The molecular formula is C20H25O5S-. The first-order valence-corrected chi connectivity index (χ1v) is 10.2. The predicted octanol–water partition coefficient (Wildman–Crippen LogP) is 4.09. The molecule has 5 nitrogen and oxygen atoms in total. The summed E-state index contributed by atoms with van der Waals surface area (Å²) in [4.78, 5) is -0.257. The molecule has 0 aliphatic carbocycles. The molecule has 0 bridgehead atoms. The summed E-state index contributed by atoms with van der Waals surface area (Å²) in [5, 5.41) is 0. The van der Waals surface area contributed by atoms with Gasteiger partial charge < -0.3 is 14.0 Å². The van der Waals surface area contributed by atoms with Crippen LogP contribution in [-0.4, -0.2) is 26.2 Å². The zero-order valence-corrected chi connectivity index (χ0v) is 16.0. The molecule has 0 aromatic heterocycles. The van der Waals surface area contributed by atoms with E-state index in [1.807, 2.05) is 0 Å². The van der Waals surface area contributed by atoms with Gasteiger partial charge in [-0.25, -0.2) is 8.42 Å². The van der Waals surface area contributed by atoms with Crippen LogP contribution in [0.2, 0.25) is 0 Å². The molecule has 1 atom stereocenters. The Kier molecular flexibility index (Phi) is 7.63. The lowest BCUT2D eigenvalue weighted by Gasteiger charge is -2.11. The van der Waals surface area contributed by atoms with Crippen molar-refractivity contribution in [3.63, 3.8) is 0 Å². The third-order valence-corrected chi connectivity index (χ3v) is 5.09. The van der Waals surface area contributed by atoms with Gasteiger partial charge in [-0.3, -0.25) is 0 Å². The quantitative estimate of drug-likeness (QED) is 0.460. The van der Waals surface area contributed by atoms with E-state index in [1.54, 1.807) is 0 Å². The van der Waals surface area contributed by atoms with Crippen LogP contribution in [0.3, 0.4) is 0 Å². The summed E-state index contributed by atoms with van der Waals surface area (Å²) in [6.07, 6.45) is 1.85. The molecule has 0 N–H and O–H groups in total. The van der Waals surface area contributed by atoms with Crippen molar-refractivity contribution in [2.24, 2.45) is 0 Å². The number of rotatable bonds is 10. The molecule has 0 saturated carbocycles. The SMILES string of the molecule is CCC(C)c1ccc(COCCCOc2ccc(S(=O)(=O)[O-])cc2)cc1. The van der Waals surface area contributed by atoms with Crippen LogP contribution in [0.25, 0.3) is 0 Å². The topological polar surface area (TPSA) is 75.7 Å². The van der Waals surface area contributed by atoms with Gasteiger partial charge in [-0.05, 0) is 47.7 Å². The minimum absolute atomic E-state index is 0.257. The van der Waals surface area contributed by atoms with E-state index < -0.39 is 10.1 Å². The van der Waals surface area contributed by atoms with Crippen molar-refractivity contribution in [1.82, 2.24) is 0 Å². The second-order valence-corrected chi connectivity index (χ2v) is 7.61. The van der Waals surface area contributed by atoms with E-state index in [0.29, 0.717) is 37.9 Å². The second kappa shape index (κ2) is 9.71. The highest BCUT2D eigenvalue weighted by molar-refractivity contribution is 7.85. The molecule has 0 heterocycles. The van der Waals surface area contributed by atoms with Gasteiger partial charge in [0.15, 0.2) is 0 Å². The second-order valence-electron chi connectivity index (χ2n) is 6.23. The van der Waals surface area contributed by atoms with Crippen LogP contribution in [0.1, 0.15) is 43.7 Å². The average molecular weight is 377 g/mol. The first-order valence-electron chi connectivity index (χ1n) is 8.75. The Balaban J connectivity index is 1.65. The Hall–Kier alpha value is -1.89. The zero-order valence-electron chi connectivity index (χ0n) is 15.2. The normalized spacial score (nSPS) is 12.7. The Morgan fingerprint density at radius 3 is 2.23 bits per heavy atom. The summed E-state index contributed by atoms with van der Waals surface area (Å²) < 4.78 is 43.7. The van der Waals surface area contributed by atoms with E-state index in [1.165, 1.54) is 29.8 Å². The first kappa shape index (κ1) is 20.4. The summed E-state index contributed by atoms with van der Waals surface area (Å²) >= 11 is 0. The van der Waals surface area contributed by atoms with Gasteiger partial charge in [0.05, 0.1) is 24.7 Å². The molecule has 142 valence electrons. The fraction of sp³-hybridized carbons (Fsp3) is 0.400. The van der Waals surface area contributed by atoms with Crippen molar-refractivity contribution in [3.05, 3.63) is 59.7 Å². The maximum Gasteiger partial charge on any atom is 0.124 e. The third kappa shape index (κ3) is 6.44. The van der Waals surface area contributed by atoms with Gasteiger partial charge in [0.1, 0.15) is 15.9 Å². The van der Waals surface area contributed by atoms with Crippen LogP contribution in [0, 0.1) is 0 Å². The molecule has 2 rings (SSSR count). The molecule has 2 aromatic carbocycles. The molecule has 0 saturated heterocycles. The van der Waals surface area contributed by atoms with Crippen molar-refractivity contribution in [3.8, 4) is 5.75 Å². The number of hydrogen-bond acceptors (Lipinski definition) is 5. The van der Waals surface area contributed by atoms with Crippen LogP contribution in [0.5, 0.6) is 5.75 Å². The van der Waals surface area contributed by atoms with E-state index in [4.69, 9.17) is 9.47 Å². The molecular weight excluding hydrogens is 352 g/mol. The molecule has 2 aromatic rings. The fourth-order valence-corrected chi connectivity index (χ4v) is 2.89. The van der Waals surface area contributed by atoms with Gasteiger partial charge in [0.2, 0.25) is 0 Å². The molecule has 6 heteroatoms. The summed E-state index contributed by atoms with van der Waals surface area (Å²) in [7, 11) is -4.41. The van der Waals surface area contributed by atoms with Crippen LogP contribution in [-0.2, 0) is 21.5 Å². The van der Waals surface area contributed by atoms with E-state index in [2.05, 4.69) is 38.1 Å². The zero-order chi connectivity index (χ0) is 19.0. The standard InChI is InChI=1S/C20H26O5S/c1-3-16(2)18-7-5-17(6-8-18)15-24-13-4-14-25-19-9-11-20(12-10-19)26(21,22)23/h5-12,16H,3-4,13-15H2,1-2H3,(H,21,22,23)/p-1. The monoisotopic (exact) mass is 377 g/mol. The van der Waals surface area contributed by atoms with Crippen LogP contribution < -0.4 is 4.74 Å². The van der Waals surface area contributed by atoms with Gasteiger partial charge in [0.25, 0.3) is 0 Å². The lowest BCUT2D eigenvalue weighted by molar-refractivity contribution is 0.107. The Morgan fingerprint density at radius 2 is 1.65 bits per heavy atom. The lowest BCUT2D eigenvalue weighted by atomic mass is 9.98. The van der Waals surface area contributed by atoms with Gasteiger partial charge in [-0.1, -0.05) is 38.1 Å². The summed E-state index contributed by atoms with van der Waals surface area (Å²) in [5.41, 5.74) is 2.49. The summed E-state index contributed by atoms with van der Waals surface area (Å²) in [6, 6.07) is 14.0. The van der Waals surface area contributed by atoms with Crippen molar-refractivity contribution in [1.29, 1.82) is 0 Å². The maximum absolute atomic E-state index is 10.8. The van der Waals surface area contributed by atoms with Crippen LogP contribution >= 0.6 is 0 Å². The van der Waals surface area contributed by atoms with E-state index >= 15 is 0 Å². The van der Waals surface area contributed by atoms with Crippen molar-refractivity contribution < 1.29 is 22.4 Å². The molecule has 0 aliphatic heterocycles. The molecule has 0 fully saturated rings. The average Bonchev–Trinajstić information content (AvgIpc) is 2.64. The van der Waals surface area contributed by atoms with Crippen molar-refractivity contribution >= 4 is 10.1 Å². The minimum Gasteiger partial charge on any atom is -0.744 e. The molecule has 0 spiro atoms. The number of hydrogen-bond donors (Lipinski definition) is 0. The molecule has 0 aliphatic rings. The van der Waals surface area contributed by atoms with Crippen molar-refractivity contribution in [2.75, 3.05) is 13.2 Å².